The predicted molar refractivity (Wildman–Crippen MR) is 90.3 cm³/mol. The Morgan fingerprint density at radius 1 is 1.23 bits per heavy atom. The van der Waals surface area contributed by atoms with Crippen molar-refractivity contribution in [2.24, 2.45) is 5.41 Å². The summed E-state index contributed by atoms with van der Waals surface area (Å²) in [6, 6.07) is 0. The highest BCUT2D eigenvalue weighted by molar-refractivity contribution is 7.09. The maximum Gasteiger partial charge on any atom is 0.0959 e. The molecule has 122 valence electrons. The van der Waals surface area contributed by atoms with Crippen LogP contribution < -0.4 is 0 Å². The molecule has 1 atom stereocenters. The Balaban J connectivity index is 1.35. The van der Waals surface area contributed by atoms with E-state index in [2.05, 4.69) is 10.3 Å². The molecule has 0 aromatic carbocycles. The van der Waals surface area contributed by atoms with Crippen LogP contribution in [0.1, 0.15) is 68.0 Å². The minimum atomic E-state index is 0.459. The smallest absolute Gasteiger partial charge is 0.0959 e. The highest BCUT2D eigenvalue weighted by Crippen LogP contribution is 2.39. The van der Waals surface area contributed by atoms with Gasteiger partial charge in [0, 0.05) is 36.4 Å². The molecule has 1 saturated carbocycles. The summed E-state index contributed by atoms with van der Waals surface area (Å²) in [4.78, 5) is 7.58. The van der Waals surface area contributed by atoms with Crippen LogP contribution in [0.3, 0.4) is 0 Å². The molecule has 4 heteroatoms. The van der Waals surface area contributed by atoms with Crippen molar-refractivity contribution in [1.29, 1.82) is 0 Å². The lowest BCUT2D eigenvalue weighted by Crippen LogP contribution is -2.34. The van der Waals surface area contributed by atoms with Gasteiger partial charge in [-0.2, -0.15) is 0 Å². The van der Waals surface area contributed by atoms with Gasteiger partial charge in [0.25, 0.3) is 0 Å². The molecule has 2 saturated heterocycles. The zero-order valence-electron chi connectivity index (χ0n) is 13.6. The van der Waals surface area contributed by atoms with Crippen LogP contribution in [-0.4, -0.2) is 36.2 Å². The Bertz CT molecular complexity index is 489. The van der Waals surface area contributed by atoms with Crippen LogP contribution in [0, 0.1) is 5.41 Å². The van der Waals surface area contributed by atoms with Gasteiger partial charge in [-0.15, -0.1) is 11.3 Å². The first-order valence-corrected chi connectivity index (χ1v) is 9.95. The van der Waals surface area contributed by atoms with Crippen LogP contribution >= 0.6 is 11.3 Å². The lowest BCUT2D eigenvalue weighted by atomic mass is 9.82. The second-order valence-corrected chi connectivity index (χ2v) is 8.52. The zero-order valence-corrected chi connectivity index (χ0v) is 14.4. The van der Waals surface area contributed by atoms with Gasteiger partial charge in [-0.1, -0.05) is 19.3 Å². The van der Waals surface area contributed by atoms with Crippen LogP contribution in [0.4, 0.5) is 0 Å². The number of thiazole rings is 1. The van der Waals surface area contributed by atoms with E-state index in [4.69, 9.17) is 9.72 Å². The molecule has 1 spiro atoms. The molecule has 4 rings (SSSR count). The normalized spacial score (nSPS) is 31.1. The number of nitrogens with zero attached hydrogens (tertiary/aromatic N) is 2. The standard InChI is InChI=1S/C18H28N2OS/c1-2-5-15(6-3-1)17-19-16(12-22-17)11-20-9-8-18(13-20)7-4-10-21-14-18/h12,15H,1-11,13-14H2. The first kappa shape index (κ1) is 15.1. The summed E-state index contributed by atoms with van der Waals surface area (Å²) in [6.07, 6.45) is 10.8. The summed E-state index contributed by atoms with van der Waals surface area (Å²) in [5, 5.41) is 3.72. The van der Waals surface area contributed by atoms with Crippen LogP contribution in [-0.2, 0) is 11.3 Å². The number of rotatable bonds is 3. The van der Waals surface area contributed by atoms with E-state index >= 15 is 0 Å². The van der Waals surface area contributed by atoms with E-state index in [9.17, 15) is 0 Å². The third kappa shape index (κ3) is 3.24. The van der Waals surface area contributed by atoms with E-state index in [1.807, 2.05) is 11.3 Å². The average Bonchev–Trinajstić information content (AvgIpc) is 3.17. The second-order valence-electron chi connectivity index (χ2n) is 7.63. The summed E-state index contributed by atoms with van der Waals surface area (Å²) in [6.45, 7) is 5.43. The molecule has 3 aliphatic rings. The van der Waals surface area contributed by atoms with Gasteiger partial charge < -0.3 is 4.74 Å². The first-order valence-electron chi connectivity index (χ1n) is 9.07. The van der Waals surface area contributed by atoms with Crippen molar-refractivity contribution in [2.45, 2.75) is 63.8 Å². The second kappa shape index (κ2) is 6.58. The summed E-state index contributed by atoms with van der Waals surface area (Å²) in [5.41, 5.74) is 1.76. The van der Waals surface area contributed by atoms with Crippen LogP contribution in [0.5, 0.6) is 0 Å². The van der Waals surface area contributed by atoms with E-state index in [0.717, 1.165) is 25.7 Å². The highest BCUT2D eigenvalue weighted by Gasteiger charge is 2.39. The summed E-state index contributed by atoms with van der Waals surface area (Å²) in [5.74, 6) is 0.754. The fraction of sp³-hybridized carbons (Fsp3) is 0.833. The van der Waals surface area contributed by atoms with Gasteiger partial charge in [0.1, 0.15) is 0 Å². The lowest BCUT2D eigenvalue weighted by Gasteiger charge is -2.33. The summed E-state index contributed by atoms with van der Waals surface area (Å²) < 4.78 is 5.75. The molecule has 1 unspecified atom stereocenters. The van der Waals surface area contributed by atoms with Crippen molar-refractivity contribution in [3.8, 4) is 0 Å². The van der Waals surface area contributed by atoms with E-state index in [1.54, 1.807) is 0 Å². The van der Waals surface area contributed by atoms with Gasteiger partial charge in [-0.25, -0.2) is 4.98 Å². The van der Waals surface area contributed by atoms with Crippen molar-refractivity contribution in [3.05, 3.63) is 16.1 Å². The maximum absolute atomic E-state index is 5.75. The first-order chi connectivity index (χ1) is 10.8. The minimum absolute atomic E-state index is 0.459. The minimum Gasteiger partial charge on any atom is -0.381 e. The Kier molecular flexibility index (Phi) is 4.52. The number of hydrogen-bond acceptors (Lipinski definition) is 4. The van der Waals surface area contributed by atoms with Crippen LogP contribution in [0.2, 0.25) is 0 Å². The van der Waals surface area contributed by atoms with Gasteiger partial charge >= 0.3 is 0 Å². The van der Waals surface area contributed by atoms with Crippen molar-refractivity contribution >= 4 is 11.3 Å². The predicted octanol–water partition coefficient (Wildman–Crippen LogP) is 4.19. The molecule has 1 aromatic rings. The van der Waals surface area contributed by atoms with Crippen LogP contribution in [0.15, 0.2) is 5.38 Å². The molecule has 0 amide bonds. The molecule has 22 heavy (non-hydrogen) atoms. The van der Waals surface area contributed by atoms with Crippen molar-refractivity contribution in [3.63, 3.8) is 0 Å². The van der Waals surface area contributed by atoms with Crippen molar-refractivity contribution in [2.75, 3.05) is 26.3 Å². The molecule has 3 nitrogen and oxygen atoms in total. The Morgan fingerprint density at radius 2 is 2.14 bits per heavy atom. The quantitative estimate of drug-likeness (QED) is 0.835. The van der Waals surface area contributed by atoms with E-state index in [1.165, 1.54) is 75.2 Å². The Morgan fingerprint density at radius 3 is 2.95 bits per heavy atom. The summed E-state index contributed by atoms with van der Waals surface area (Å²) in [7, 11) is 0. The molecule has 0 bridgehead atoms. The Labute approximate surface area is 138 Å². The van der Waals surface area contributed by atoms with E-state index in [-0.39, 0.29) is 0 Å². The molecule has 2 aliphatic heterocycles. The molecule has 0 N–H and O–H groups in total. The lowest BCUT2D eigenvalue weighted by molar-refractivity contribution is -0.00252. The van der Waals surface area contributed by atoms with Gasteiger partial charge in [-0.05, 0) is 38.6 Å². The van der Waals surface area contributed by atoms with Gasteiger partial charge in [0.05, 0.1) is 17.3 Å². The Hall–Kier alpha value is -0.450. The summed E-state index contributed by atoms with van der Waals surface area (Å²) >= 11 is 1.90. The van der Waals surface area contributed by atoms with Crippen LogP contribution in [0.25, 0.3) is 0 Å². The number of ether oxygens (including phenoxy) is 1. The molecule has 1 aliphatic carbocycles. The number of likely N-dealkylation sites (tertiary alicyclic amines) is 1. The van der Waals surface area contributed by atoms with E-state index < -0.39 is 0 Å². The van der Waals surface area contributed by atoms with Gasteiger partial charge in [-0.3, -0.25) is 4.90 Å². The molecule has 1 aromatic heterocycles. The molecule has 0 radical (unpaired) electrons. The molecular weight excluding hydrogens is 292 g/mol. The number of aromatic nitrogens is 1. The van der Waals surface area contributed by atoms with Crippen molar-refractivity contribution < 1.29 is 4.74 Å². The van der Waals surface area contributed by atoms with Gasteiger partial charge in [0.2, 0.25) is 0 Å². The fourth-order valence-corrected chi connectivity index (χ4v) is 5.54. The molecular formula is C18H28N2OS. The zero-order chi connectivity index (χ0) is 14.8. The maximum atomic E-state index is 5.75. The average molecular weight is 321 g/mol. The molecule has 3 heterocycles. The third-order valence-corrected chi connectivity index (χ3v) is 6.89. The van der Waals surface area contributed by atoms with E-state index in [0.29, 0.717) is 5.41 Å². The highest BCUT2D eigenvalue weighted by atomic mass is 32.1. The monoisotopic (exact) mass is 320 g/mol. The topological polar surface area (TPSA) is 25.4 Å². The number of hydrogen-bond donors (Lipinski definition) is 0. The molecule has 3 fully saturated rings. The fourth-order valence-electron chi connectivity index (χ4n) is 4.56. The van der Waals surface area contributed by atoms with Gasteiger partial charge in [0.15, 0.2) is 0 Å². The third-order valence-electron chi connectivity index (χ3n) is 5.83. The SMILES string of the molecule is c1sc(C2CCCCC2)nc1CN1CCC2(CCCOC2)C1. The largest absolute Gasteiger partial charge is 0.381 e. The van der Waals surface area contributed by atoms with Crippen molar-refractivity contribution in [1.82, 2.24) is 9.88 Å².